The maximum atomic E-state index is 12.6. The number of carbonyl (C=O) groups excluding carboxylic acids is 1. The van der Waals surface area contributed by atoms with Crippen LogP contribution in [0, 0.1) is 5.92 Å². The van der Waals surface area contributed by atoms with E-state index in [9.17, 15) is 9.59 Å². The van der Waals surface area contributed by atoms with Crippen molar-refractivity contribution in [2.24, 2.45) is 11.7 Å². The number of H-pyrrole nitrogens is 1. The highest BCUT2D eigenvalue weighted by Crippen LogP contribution is 2.29. The average Bonchev–Trinajstić information content (AvgIpc) is 3.17. The molecule has 1 aromatic heterocycles. The molecule has 1 saturated carbocycles. The van der Waals surface area contributed by atoms with Crippen LogP contribution in [-0.4, -0.2) is 39.5 Å². The molecule has 3 N–H and O–H groups in total. The molecule has 2 fully saturated rings. The summed E-state index contributed by atoms with van der Waals surface area (Å²) in [5, 5.41) is 0. The Kier molecular flexibility index (Phi) is 4.37. The molecular weight excluding hydrogens is 316 g/mol. The molecule has 0 unspecified atom stereocenters. The first-order chi connectivity index (χ1) is 12.1. The van der Waals surface area contributed by atoms with Crippen molar-refractivity contribution in [2.75, 3.05) is 13.1 Å². The number of aromatic amines is 1. The van der Waals surface area contributed by atoms with E-state index in [0.717, 1.165) is 56.2 Å². The molecular formula is C19H26N4O2. The lowest BCUT2D eigenvalue weighted by atomic mass is 9.98. The first kappa shape index (κ1) is 16.4. The van der Waals surface area contributed by atoms with Gasteiger partial charge in [0.15, 0.2) is 0 Å². The van der Waals surface area contributed by atoms with Gasteiger partial charge in [-0.25, -0.2) is 4.79 Å². The molecule has 25 heavy (non-hydrogen) atoms. The highest BCUT2D eigenvalue weighted by Gasteiger charge is 2.30. The summed E-state index contributed by atoms with van der Waals surface area (Å²) in [6.45, 7) is 1.44. The fraction of sp³-hybridized carbons (Fsp3) is 0.579. The third kappa shape index (κ3) is 3.11. The third-order valence-electron chi connectivity index (χ3n) is 5.96. The van der Waals surface area contributed by atoms with Crippen LogP contribution in [0.25, 0.3) is 11.0 Å². The second-order valence-corrected chi connectivity index (χ2v) is 7.49. The van der Waals surface area contributed by atoms with E-state index in [0.29, 0.717) is 12.3 Å². The number of aromatic nitrogens is 2. The summed E-state index contributed by atoms with van der Waals surface area (Å²) >= 11 is 0. The van der Waals surface area contributed by atoms with E-state index in [-0.39, 0.29) is 23.7 Å². The van der Waals surface area contributed by atoms with E-state index in [1.165, 1.54) is 0 Å². The molecule has 1 amide bonds. The smallest absolute Gasteiger partial charge is 0.326 e. The second kappa shape index (κ2) is 6.67. The minimum Gasteiger partial charge on any atom is -0.343 e. The number of benzene rings is 1. The first-order valence-corrected chi connectivity index (χ1v) is 9.36. The number of para-hydroxylation sites is 2. The molecule has 2 aliphatic rings. The van der Waals surface area contributed by atoms with Gasteiger partial charge < -0.3 is 15.6 Å². The number of nitrogens with two attached hydrogens (primary N) is 1. The molecule has 4 rings (SSSR count). The summed E-state index contributed by atoms with van der Waals surface area (Å²) < 4.78 is 1.87. The number of hydrogen-bond acceptors (Lipinski definition) is 3. The molecule has 6 nitrogen and oxygen atoms in total. The fourth-order valence-electron chi connectivity index (χ4n) is 4.48. The lowest BCUT2D eigenvalue weighted by Gasteiger charge is -2.33. The van der Waals surface area contributed by atoms with E-state index < -0.39 is 0 Å². The lowest BCUT2D eigenvalue weighted by Crippen LogP contribution is -2.42. The van der Waals surface area contributed by atoms with Crippen LogP contribution < -0.4 is 11.4 Å². The number of amides is 1. The third-order valence-corrected chi connectivity index (χ3v) is 5.96. The highest BCUT2D eigenvalue weighted by molar-refractivity contribution is 5.77. The number of carbonyl (C=O) groups is 1. The molecule has 2 atom stereocenters. The molecule has 1 saturated heterocycles. The van der Waals surface area contributed by atoms with Crippen LogP contribution in [0.4, 0.5) is 0 Å². The maximum Gasteiger partial charge on any atom is 0.326 e. The number of imidazole rings is 1. The van der Waals surface area contributed by atoms with Gasteiger partial charge in [0, 0.05) is 31.6 Å². The molecule has 2 heterocycles. The Hall–Kier alpha value is -2.08. The van der Waals surface area contributed by atoms with Crippen LogP contribution in [0.2, 0.25) is 0 Å². The number of rotatable bonds is 3. The number of piperidine rings is 1. The van der Waals surface area contributed by atoms with E-state index in [1.54, 1.807) is 0 Å². The molecule has 1 aliphatic heterocycles. The highest BCUT2D eigenvalue weighted by atomic mass is 16.2. The Labute approximate surface area is 147 Å². The van der Waals surface area contributed by atoms with Crippen LogP contribution in [0.5, 0.6) is 0 Å². The molecule has 2 aromatic rings. The molecule has 0 spiro atoms. The van der Waals surface area contributed by atoms with Crippen LogP contribution in [0.3, 0.4) is 0 Å². The van der Waals surface area contributed by atoms with Crippen LogP contribution >= 0.6 is 0 Å². The number of fused-ring (bicyclic) bond motifs is 1. The predicted octanol–water partition coefficient (Wildman–Crippen LogP) is 2.01. The van der Waals surface area contributed by atoms with E-state index in [4.69, 9.17) is 5.73 Å². The van der Waals surface area contributed by atoms with E-state index >= 15 is 0 Å². The minimum absolute atomic E-state index is 0.0529. The number of nitrogens with zero attached hydrogens (tertiary/aromatic N) is 2. The van der Waals surface area contributed by atoms with Crippen molar-refractivity contribution >= 4 is 16.9 Å². The van der Waals surface area contributed by atoms with E-state index in [2.05, 4.69) is 4.98 Å². The second-order valence-electron chi connectivity index (χ2n) is 7.49. The van der Waals surface area contributed by atoms with Gasteiger partial charge in [-0.2, -0.15) is 0 Å². The molecule has 6 heteroatoms. The van der Waals surface area contributed by atoms with E-state index in [1.807, 2.05) is 33.7 Å². The van der Waals surface area contributed by atoms with Crippen LogP contribution in [-0.2, 0) is 4.79 Å². The zero-order valence-electron chi connectivity index (χ0n) is 14.5. The SMILES string of the molecule is N[C@@H]1CCC[C@H]1CC(=O)N1CCC(n2c(=O)[nH]c3ccccc32)CC1. The van der Waals surface area contributed by atoms with Gasteiger partial charge in [-0.3, -0.25) is 9.36 Å². The van der Waals surface area contributed by atoms with Gasteiger partial charge in [0.1, 0.15) is 0 Å². The van der Waals surface area contributed by atoms with Gasteiger partial charge >= 0.3 is 5.69 Å². The van der Waals surface area contributed by atoms with Gasteiger partial charge in [0.2, 0.25) is 5.91 Å². The Morgan fingerprint density at radius 1 is 1.16 bits per heavy atom. The van der Waals surface area contributed by atoms with Crippen LogP contribution in [0.1, 0.15) is 44.6 Å². The topological polar surface area (TPSA) is 84.1 Å². The van der Waals surface area contributed by atoms with Crippen molar-refractivity contribution in [3.05, 3.63) is 34.7 Å². The zero-order chi connectivity index (χ0) is 17.4. The maximum absolute atomic E-state index is 12.6. The normalized spacial score (nSPS) is 24.9. The number of likely N-dealkylation sites (tertiary alicyclic amines) is 1. The average molecular weight is 342 g/mol. The van der Waals surface area contributed by atoms with Gasteiger partial charge in [-0.1, -0.05) is 18.6 Å². The predicted molar refractivity (Wildman–Crippen MR) is 97.3 cm³/mol. The largest absolute Gasteiger partial charge is 0.343 e. The zero-order valence-corrected chi connectivity index (χ0v) is 14.5. The summed E-state index contributed by atoms with van der Waals surface area (Å²) in [6, 6.07) is 8.13. The van der Waals surface area contributed by atoms with Gasteiger partial charge in [0.25, 0.3) is 0 Å². The summed E-state index contributed by atoms with van der Waals surface area (Å²) in [7, 11) is 0. The molecule has 1 aliphatic carbocycles. The Morgan fingerprint density at radius 3 is 2.64 bits per heavy atom. The molecule has 0 radical (unpaired) electrons. The van der Waals surface area contributed by atoms with Gasteiger partial charge in [0.05, 0.1) is 11.0 Å². The summed E-state index contributed by atoms with van der Waals surface area (Å²) in [4.78, 5) is 29.8. The van der Waals surface area contributed by atoms with Crippen molar-refractivity contribution in [2.45, 2.75) is 50.6 Å². The minimum atomic E-state index is -0.0529. The van der Waals surface area contributed by atoms with Crippen LogP contribution in [0.15, 0.2) is 29.1 Å². The monoisotopic (exact) mass is 342 g/mol. The van der Waals surface area contributed by atoms with Gasteiger partial charge in [-0.05, 0) is 43.7 Å². The van der Waals surface area contributed by atoms with Crippen molar-refractivity contribution in [3.8, 4) is 0 Å². The van der Waals surface area contributed by atoms with Gasteiger partial charge in [-0.15, -0.1) is 0 Å². The lowest BCUT2D eigenvalue weighted by molar-refractivity contribution is -0.133. The number of hydrogen-bond donors (Lipinski definition) is 2. The first-order valence-electron chi connectivity index (χ1n) is 9.36. The molecule has 1 aromatic carbocycles. The van der Waals surface area contributed by atoms with Crippen molar-refractivity contribution < 1.29 is 4.79 Å². The Morgan fingerprint density at radius 2 is 1.92 bits per heavy atom. The summed E-state index contributed by atoms with van der Waals surface area (Å²) in [5.41, 5.74) is 7.88. The molecule has 134 valence electrons. The van der Waals surface area contributed by atoms with Crippen molar-refractivity contribution in [3.63, 3.8) is 0 Å². The Bertz CT molecular complexity index is 816. The number of nitrogens with one attached hydrogen (secondary N) is 1. The van der Waals surface area contributed by atoms with Crippen molar-refractivity contribution in [1.29, 1.82) is 0 Å². The Balaban J connectivity index is 1.42. The summed E-state index contributed by atoms with van der Waals surface area (Å²) in [6.07, 6.45) is 5.50. The quantitative estimate of drug-likeness (QED) is 0.895. The standard InChI is InChI=1S/C19H26N4O2/c20-15-5-3-4-13(15)12-18(24)22-10-8-14(9-11-22)23-17-7-2-1-6-16(17)21-19(23)25/h1-2,6-7,13-15H,3-5,8-12,20H2,(H,21,25)/t13-,15+/m0/s1. The summed E-state index contributed by atoms with van der Waals surface area (Å²) in [5.74, 6) is 0.577. The van der Waals surface area contributed by atoms with Crippen molar-refractivity contribution in [1.82, 2.24) is 14.5 Å². The molecule has 0 bridgehead atoms. The fourth-order valence-corrected chi connectivity index (χ4v) is 4.48.